The SMILES string of the molecule is I.NC(=NCCc1ccccn1)NCCNC(=O)CC1CCCCC1. The summed E-state index contributed by atoms with van der Waals surface area (Å²) in [6.45, 7) is 1.77. The molecule has 6 nitrogen and oxygen atoms in total. The summed E-state index contributed by atoms with van der Waals surface area (Å²) in [4.78, 5) is 20.4. The van der Waals surface area contributed by atoms with E-state index in [1.54, 1.807) is 6.20 Å². The highest BCUT2D eigenvalue weighted by atomic mass is 127. The summed E-state index contributed by atoms with van der Waals surface area (Å²) in [5.74, 6) is 1.13. The molecule has 2 rings (SSSR count). The van der Waals surface area contributed by atoms with Crippen LogP contribution in [0, 0.1) is 5.92 Å². The summed E-state index contributed by atoms with van der Waals surface area (Å²) in [5, 5.41) is 5.97. The zero-order valence-corrected chi connectivity index (χ0v) is 17.1. The standard InChI is InChI=1S/C18H29N5O.HI/c19-18(22-11-9-16-8-4-5-10-20-16)23-13-12-21-17(24)14-15-6-2-1-3-7-15;/h4-5,8,10,15H,1-3,6-7,9,11-14H2,(H,21,24)(H3,19,22,23);1H. The molecule has 4 N–H and O–H groups in total. The Balaban J connectivity index is 0.00000312. The first kappa shape index (κ1) is 21.7. The van der Waals surface area contributed by atoms with Crippen LogP contribution < -0.4 is 16.4 Å². The maximum absolute atomic E-state index is 11.9. The van der Waals surface area contributed by atoms with Crippen molar-refractivity contribution < 1.29 is 4.79 Å². The van der Waals surface area contributed by atoms with E-state index in [1.807, 2.05) is 18.2 Å². The number of carbonyl (C=O) groups excluding carboxylic acids is 1. The fraction of sp³-hybridized carbons (Fsp3) is 0.611. The number of aromatic nitrogens is 1. The van der Waals surface area contributed by atoms with Crippen LogP contribution in [0.5, 0.6) is 0 Å². The second-order valence-electron chi connectivity index (χ2n) is 6.32. The zero-order chi connectivity index (χ0) is 17.0. The summed E-state index contributed by atoms with van der Waals surface area (Å²) < 4.78 is 0. The van der Waals surface area contributed by atoms with Gasteiger partial charge in [-0.2, -0.15) is 0 Å². The predicted octanol–water partition coefficient (Wildman–Crippen LogP) is 2.23. The number of nitrogens with two attached hydrogens (primary N) is 1. The van der Waals surface area contributed by atoms with Crippen LogP contribution in [-0.4, -0.2) is 36.5 Å². The number of rotatable bonds is 8. The van der Waals surface area contributed by atoms with Crippen molar-refractivity contribution in [3.05, 3.63) is 30.1 Å². The topological polar surface area (TPSA) is 92.4 Å². The van der Waals surface area contributed by atoms with Gasteiger partial charge < -0.3 is 16.4 Å². The molecule has 1 aliphatic rings. The Hall–Kier alpha value is -1.38. The van der Waals surface area contributed by atoms with Crippen molar-refractivity contribution in [2.45, 2.75) is 44.9 Å². The van der Waals surface area contributed by atoms with Gasteiger partial charge in [0, 0.05) is 44.4 Å². The van der Waals surface area contributed by atoms with E-state index in [1.165, 1.54) is 32.1 Å². The van der Waals surface area contributed by atoms with Crippen molar-refractivity contribution in [2.24, 2.45) is 16.6 Å². The maximum Gasteiger partial charge on any atom is 0.220 e. The minimum atomic E-state index is 0. The molecule has 1 saturated carbocycles. The first-order chi connectivity index (χ1) is 11.7. The van der Waals surface area contributed by atoms with Crippen LogP contribution in [0.2, 0.25) is 0 Å². The lowest BCUT2D eigenvalue weighted by Gasteiger charge is -2.20. The third-order valence-corrected chi connectivity index (χ3v) is 4.33. The molecule has 0 radical (unpaired) electrons. The van der Waals surface area contributed by atoms with Gasteiger partial charge in [0.15, 0.2) is 5.96 Å². The van der Waals surface area contributed by atoms with E-state index in [4.69, 9.17) is 5.73 Å². The molecule has 1 fully saturated rings. The van der Waals surface area contributed by atoms with Crippen molar-refractivity contribution in [3.8, 4) is 0 Å². The molecule has 0 aromatic carbocycles. The molecule has 1 aromatic rings. The van der Waals surface area contributed by atoms with Gasteiger partial charge in [0.05, 0.1) is 0 Å². The van der Waals surface area contributed by atoms with Gasteiger partial charge in [0.2, 0.25) is 5.91 Å². The van der Waals surface area contributed by atoms with Gasteiger partial charge in [-0.05, 0) is 30.9 Å². The van der Waals surface area contributed by atoms with Crippen LogP contribution in [0.3, 0.4) is 0 Å². The second-order valence-corrected chi connectivity index (χ2v) is 6.32. The lowest BCUT2D eigenvalue weighted by molar-refractivity contribution is -0.122. The minimum absolute atomic E-state index is 0. The smallest absolute Gasteiger partial charge is 0.220 e. The van der Waals surface area contributed by atoms with Crippen LogP contribution in [-0.2, 0) is 11.2 Å². The minimum Gasteiger partial charge on any atom is -0.370 e. The van der Waals surface area contributed by atoms with Gasteiger partial charge in [-0.1, -0.05) is 25.3 Å². The van der Waals surface area contributed by atoms with Crippen molar-refractivity contribution in [1.29, 1.82) is 0 Å². The normalized spacial score (nSPS) is 15.3. The third kappa shape index (κ3) is 9.62. The highest BCUT2D eigenvalue weighted by molar-refractivity contribution is 14.0. The molecule has 1 aromatic heterocycles. The summed E-state index contributed by atoms with van der Waals surface area (Å²) in [6.07, 6.45) is 9.45. The first-order valence-electron chi connectivity index (χ1n) is 8.94. The Labute approximate surface area is 167 Å². The number of pyridine rings is 1. The number of nitrogens with zero attached hydrogens (tertiary/aromatic N) is 2. The third-order valence-electron chi connectivity index (χ3n) is 4.33. The van der Waals surface area contributed by atoms with Crippen LogP contribution in [0.1, 0.15) is 44.2 Å². The molecule has 1 amide bonds. The number of guanidine groups is 1. The molecule has 0 bridgehead atoms. The lowest BCUT2D eigenvalue weighted by Crippen LogP contribution is -2.39. The average molecular weight is 459 g/mol. The Kier molecular flexibility index (Phi) is 11.2. The van der Waals surface area contributed by atoms with Crippen LogP contribution in [0.25, 0.3) is 0 Å². The summed E-state index contributed by atoms with van der Waals surface area (Å²) >= 11 is 0. The number of halogens is 1. The van der Waals surface area contributed by atoms with E-state index in [0.29, 0.717) is 37.9 Å². The summed E-state index contributed by atoms with van der Waals surface area (Å²) in [6, 6.07) is 5.83. The fourth-order valence-electron chi connectivity index (χ4n) is 3.01. The highest BCUT2D eigenvalue weighted by Gasteiger charge is 2.16. The number of nitrogens with one attached hydrogen (secondary N) is 2. The van der Waals surface area contributed by atoms with E-state index in [9.17, 15) is 4.79 Å². The quantitative estimate of drug-likeness (QED) is 0.241. The van der Waals surface area contributed by atoms with E-state index in [0.717, 1.165) is 12.1 Å². The number of carbonyl (C=O) groups is 1. The Morgan fingerprint density at radius 3 is 2.68 bits per heavy atom. The number of amides is 1. The molecule has 0 unspecified atom stereocenters. The summed E-state index contributed by atoms with van der Waals surface area (Å²) in [7, 11) is 0. The van der Waals surface area contributed by atoms with Crippen molar-refractivity contribution >= 4 is 35.8 Å². The second kappa shape index (κ2) is 12.9. The monoisotopic (exact) mass is 459 g/mol. The fourth-order valence-corrected chi connectivity index (χ4v) is 3.01. The van der Waals surface area contributed by atoms with Crippen molar-refractivity contribution in [3.63, 3.8) is 0 Å². The van der Waals surface area contributed by atoms with E-state index in [2.05, 4.69) is 20.6 Å². The molecule has 140 valence electrons. The Morgan fingerprint density at radius 1 is 1.20 bits per heavy atom. The van der Waals surface area contributed by atoms with Gasteiger partial charge >= 0.3 is 0 Å². The van der Waals surface area contributed by atoms with Crippen LogP contribution in [0.4, 0.5) is 0 Å². The van der Waals surface area contributed by atoms with Crippen LogP contribution >= 0.6 is 24.0 Å². The Bertz CT molecular complexity index is 517. The first-order valence-corrected chi connectivity index (χ1v) is 8.94. The molecule has 25 heavy (non-hydrogen) atoms. The number of hydrogen-bond donors (Lipinski definition) is 3. The Morgan fingerprint density at radius 2 is 1.96 bits per heavy atom. The molecule has 7 heteroatoms. The average Bonchev–Trinajstić information content (AvgIpc) is 2.60. The van der Waals surface area contributed by atoms with Gasteiger partial charge in [-0.15, -0.1) is 24.0 Å². The molecule has 1 heterocycles. The summed E-state index contributed by atoms with van der Waals surface area (Å²) in [5.41, 5.74) is 6.81. The van der Waals surface area contributed by atoms with E-state index in [-0.39, 0.29) is 29.9 Å². The van der Waals surface area contributed by atoms with Gasteiger partial charge in [-0.25, -0.2) is 0 Å². The van der Waals surface area contributed by atoms with Crippen molar-refractivity contribution in [1.82, 2.24) is 15.6 Å². The number of aliphatic imine (C=N–C) groups is 1. The molecule has 0 aliphatic heterocycles. The van der Waals surface area contributed by atoms with E-state index >= 15 is 0 Å². The van der Waals surface area contributed by atoms with Crippen molar-refractivity contribution in [2.75, 3.05) is 19.6 Å². The van der Waals surface area contributed by atoms with E-state index < -0.39 is 0 Å². The molecule has 0 atom stereocenters. The number of hydrogen-bond acceptors (Lipinski definition) is 3. The molecule has 0 saturated heterocycles. The van der Waals surface area contributed by atoms with Gasteiger partial charge in [0.25, 0.3) is 0 Å². The zero-order valence-electron chi connectivity index (χ0n) is 14.7. The molecule has 1 aliphatic carbocycles. The van der Waals surface area contributed by atoms with Crippen LogP contribution in [0.15, 0.2) is 29.4 Å². The molecular weight excluding hydrogens is 429 g/mol. The van der Waals surface area contributed by atoms with Gasteiger partial charge in [-0.3, -0.25) is 14.8 Å². The highest BCUT2D eigenvalue weighted by Crippen LogP contribution is 2.25. The molecule has 0 spiro atoms. The van der Waals surface area contributed by atoms with Gasteiger partial charge in [0.1, 0.15) is 0 Å². The largest absolute Gasteiger partial charge is 0.370 e. The molecular formula is C18H30IN5O. The lowest BCUT2D eigenvalue weighted by atomic mass is 9.87. The maximum atomic E-state index is 11.9. The predicted molar refractivity (Wildman–Crippen MR) is 112 cm³/mol.